The van der Waals surface area contributed by atoms with E-state index in [4.69, 9.17) is 16.6 Å². The second kappa shape index (κ2) is 7.86. The van der Waals surface area contributed by atoms with Crippen molar-refractivity contribution in [1.29, 1.82) is 0 Å². The maximum Gasteiger partial charge on any atom is 0.227 e. The molecule has 0 aliphatic carbocycles. The van der Waals surface area contributed by atoms with Crippen LogP contribution in [0.25, 0.3) is 11.0 Å². The molecule has 1 atom stereocenters. The largest absolute Gasteiger partial charge is 0.323 e. The van der Waals surface area contributed by atoms with Gasteiger partial charge in [0.25, 0.3) is 0 Å². The summed E-state index contributed by atoms with van der Waals surface area (Å²) in [7, 11) is 0. The molecule has 1 amide bonds. The van der Waals surface area contributed by atoms with Crippen molar-refractivity contribution in [3.8, 4) is 0 Å². The summed E-state index contributed by atoms with van der Waals surface area (Å²) >= 11 is 6.17. The minimum absolute atomic E-state index is 0.0315. The number of amides is 1. The van der Waals surface area contributed by atoms with Crippen molar-refractivity contribution in [1.82, 2.24) is 9.55 Å². The second-order valence-corrected chi connectivity index (χ2v) is 8.80. The number of hydrogen-bond acceptors (Lipinski definition) is 2. The lowest BCUT2D eigenvalue weighted by atomic mass is 10.0. The molecule has 1 saturated heterocycles. The Morgan fingerprint density at radius 1 is 1.03 bits per heavy atom. The van der Waals surface area contributed by atoms with Crippen LogP contribution in [0.4, 0.5) is 5.69 Å². The number of carbonyl (C=O) groups excluding carboxylic acids is 1. The maximum atomic E-state index is 12.9. The molecule has 4 aromatic rings. The number of rotatable bonds is 4. The fourth-order valence-electron chi connectivity index (χ4n) is 4.49. The highest BCUT2D eigenvalue weighted by atomic mass is 35.5. The van der Waals surface area contributed by atoms with Gasteiger partial charge in [0.15, 0.2) is 0 Å². The highest BCUT2D eigenvalue weighted by Crippen LogP contribution is 2.34. The van der Waals surface area contributed by atoms with Gasteiger partial charge in [-0.3, -0.25) is 4.79 Å². The minimum Gasteiger partial charge on any atom is -0.323 e. The Bertz CT molecular complexity index is 1290. The van der Waals surface area contributed by atoms with Crippen LogP contribution in [0.15, 0.2) is 66.7 Å². The average Bonchev–Trinajstić information content (AvgIpc) is 3.31. The van der Waals surface area contributed by atoms with Crippen LogP contribution >= 0.6 is 11.6 Å². The number of fused-ring (bicyclic) bond motifs is 1. The Kier molecular flexibility index (Phi) is 5.03. The zero-order valence-corrected chi connectivity index (χ0v) is 18.4. The lowest BCUT2D eigenvalue weighted by molar-refractivity contribution is -0.117. The third-order valence-corrected chi connectivity index (χ3v) is 6.36. The van der Waals surface area contributed by atoms with Crippen LogP contribution in [0.3, 0.4) is 0 Å². The van der Waals surface area contributed by atoms with Crippen LogP contribution in [0.2, 0.25) is 5.02 Å². The molecule has 5 rings (SSSR count). The van der Waals surface area contributed by atoms with Crippen LogP contribution in [0.1, 0.15) is 34.9 Å². The maximum absolute atomic E-state index is 12.9. The smallest absolute Gasteiger partial charge is 0.227 e. The predicted octanol–water partition coefficient (Wildman–Crippen LogP) is 5.88. The van der Waals surface area contributed by atoms with Crippen molar-refractivity contribution in [3.05, 3.63) is 94.3 Å². The number of nitrogens with zero attached hydrogens (tertiary/aromatic N) is 3. The first-order valence-electron chi connectivity index (χ1n) is 10.6. The van der Waals surface area contributed by atoms with Crippen LogP contribution < -0.4 is 4.90 Å². The molecule has 1 aliphatic heterocycles. The van der Waals surface area contributed by atoms with E-state index in [9.17, 15) is 4.79 Å². The molecule has 4 nitrogen and oxygen atoms in total. The van der Waals surface area contributed by atoms with Crippen molar-refractivity contribution >= 4 is 34.2 Å². The van der Waals surface area contributed by atoms with E-state index in [1.54, 1.807) is 0 Å². The molecule has 31 heavy (non-hydrogen) atoms. The molecule has 1 aliphatic rings. The van der Waals surface area contributed by atoms with E-state index in [1.807, 2.05) is 47.4 Å². The first kappa shape index (κ1) is 19.8. The lowest BCUT2D eigenvalue weighted by Gasteiger charge is -2.18. The Morgan fingerprint density at radius 2 is 1.87 bits per heavy atom. The Morgan fingerprint density at radius 3 is 2.71 bits per heavy atom. The summed E-state index contributed by atoms with van der Waals surface area (Å²) < 4.78 is 2.29. The second-order valence-electron chi connectivity index (χ2n) is 8.36. The summed E-state index contributed by atoms with van der Waals surface area (Å²) in [5.74, 6) is 1.11. The van der Waals surface area contributed by atoms with Gasteiger partial charge in [-0.25, -0.2) is 4.98 Å². The summed E-state index contributed by atoms with van der Waals surface area (Å²) in [5.41, 5.74) is 6.70. The summed E-state index contributed by atoms with van der Waals surface area (Å²) in [6.07, 6.45) is 0.447. The molecule has 1 aromatic heterocycles. The predicted molar refractivity (Wildman–Crippen MR) is 126 cm³/mol. The van der Waals surface area contributed by atoms with E-state index in [0.29, 0.717) is 18.0 Å². The molecule has 0 radical (unpaired) electrons. The van der Waals surface area contributed by atoms with Gasteiger partial charge in [-0.1, -0.05) is 53.6 Å². The monoisotopic (exact) mass is 429 g/mol. The molecule has 0 spiro atoms. The minimum atomic E-state index is 0.0315. The standard InChI is InChI=1S/C26H24ClN3O/c1-17-10-11-18(2)19(12-17)15-30-24-9-4-3-8-23(24)28-26(30)20-13-25(31)29(16-20)22-7-5-6-21(27)14-22/h3-12,14,20H,13,15-16H2,1-2H3/t20-/m1/s1. The van der Waals surface area contributed by atoms with Gasteiger partial charge in [0.2, 0.25) is 5.91 Å². The van der Waals surface area contributed by atoms with E-state index in [1.165, 1.54) is 16.7 Å². The molecule has 156 valence electrons. The normalized spacial score (nSPS) is 16.4. The van der Waals surface area contributed by atoms with Crippen molar-refractivity contribution in [2.75, 3.05) is 11.4 Å². The fraction of sp³-hybridized carbons (Fsp3) is 0.231. The van der Waals surface area contributed by atoms with Gasteiger partial charge in [0.1, 0.15) is 5.82 Å². The van der Waals surface area contributed by atoms with E-state index in [0.717, 1.165) is 29.1 Å². The number of carbonyl (C=O) groups is 1. The molecular weight excluding hydrogens is 406 g/mol. The first-order valence-corrected chi connectivity index (χ1v) is 10.9. The number of benzene rings is 3. The van der Waals surface area contributed by atoms with Crippen molar-refractivity contribution in [2.24, 2.45) is 0 Å². The third-order valence-electron chi connectivity index (χ3n) is 6.13. The van der Waals surface area contributed by atoms with Gasteiger partial charge >= 0.3 is 0 Å². The Balaban J connectivity index is 1.55. The van der Waals surface area contributed by atoms with Gasteiger partial charge < -0.3 is 9.47 Å². The zero-order valence-electron chi connectivity index (χ0n) is 17.7. The average molecular weight is 430 g/mol. The molecule has 0 N–H and O–H groups in total. The number of halogens is 1. The van der Waals surface area contributed by atoms with Gasteiger partial charge in [0.05, 0.1) is 11.0 Å². The van der Waals surface area contributed by atoms with Crippen LogP contribution in [0, 0.1) is 13.8 Å². The number of aromatic nitrogens is 2. The van der Waals surface area contributed by atoms with Gasteiger partial charge in [0, 0.05) is 36.1 Å². The van der Waals surface area contributed by atoms with Crippen LogP contribution in [-0.2, 0) is 11.3 Å². The van der Waals surface area contributed by atoms with Crippen LogP contribution in [-0.4, -0.2) is 22.0 Å². The topological polar surface area (TPSA) is 38.1 Å². The summed E-state index contributed by atoms with van der Waals surface area (Å²) in [6.45, 7) is 5.61. The highest BCUT2D eigenvalue weighted by Gasteiger charge is 2.35. The Hall–Kier alpha value is -3.11. The van der Waals surface area contributed by atoms with Crippen LogP contribution in [0.5, 0.6) is 0 Å². The SMILES string of the molecule is Cc1ccc(C)c(Cn2c([C@@H]3CC(=O)N(c4cccc(Cl)c4)C3)nc3ccccc32)c1. The third kappa shape index (κ3) is 3.72. The lowest BCUT2D eigenvalue weighted by Crippen LogP contribution is -2.24. The van der Waals surface area contributed by atoms with Crippen molar-refractivity contribution < 1.29 is 4.79 Å². The molecule has 0 saturated carbocycles. The number of hydrogen-bond donors (Lipinski definition) is 0. The molecule has 2 heterocycles. The highest BCUT2D eigenvalue weighted by molar-refractivity contribution is 6.30. The Labute approximate surface area is 187 Å². The van der Waals surface area contributed by atoms with E-state index in [-0.39, 0.29) is 11.8 Å². The number of para-hydroxylation sites is 2. The molecule has 0 bridgehead atoms. The summed E-state index contributed by atoms with van der Waals surface area (Å²) in [6, 6.07) is 22.3. The molecular formula is C26H24ClN3O. The first-order chi connectivity index (χ1) is 15.0. The molecule has 0 unspecified atom stereocenters. The van der Waals surface area contributed by atoms with Gasteiger partial charge in [-0.2, -0.15) is 0 Å². The number of aryl methyl sites for hydroxylation is 2. The van der Waals surface area contributed by atoms with E-state index in [2.05, 4.69) is 42.7 Å². The van der Waals surface area contributed by atoms with Gasteiger partial charge in [-0.15, -0.1) is 0 Å². The van der Waals surface area contributed by atoms with E-state index >= 15 is 0 Å². The van der Waals surface area contributed by atoms with Gasteiger partial charge in [-0.05, 0) is 55.3 Å². The summed E-state index contributed by atoms with van der Waals surface area (Å²) in [4.78, 5) is 19.7. The van der Waals surface area contributed by atoms with Crippen molar-refractivity contribution in [3.63, 3.8) is 0 Å². The quantitative estimate of drug-likeness (QED) is 0.406. The fourth-order valence-corrected chi connectivity index (χ4v) is 4.67. The van der Waals surface area contributed by atoms with Crippen molar-refractivity contribution in [2.45, 2.75) is 32.7 Å². The van der Waals surface area contributed by atoms with E-state index < -0.39 is 0 Å². The molecule has 1 fully saturated rings. The molecule has 5 heteroatoms. The zero-order chi connectivity index (χ0) is 21.5. The molecule has 3 aromatic carbocycles. The number of anilines is 1. The summed E-state index contributed by atoms with van der Waals surface area (Å²) in [5, 5.41) is 0.635. The number of imidazole rings is 1.